The fraction of sp³-hybridized carbons (Fsp3) is 0.393. The molecular formula is C28H33N3O3. The molecule has 0 aromatic heterocycles. The van der Waals surface area contributed by atoms with Crippen LogP contribution in [0.25, 0.3) is 6.08 Å². The quantitative estimate of drug-likeness (QED) is 0.645. The fourth-order valence-electron chi connectivity index (χ4n) is 4.82. The van der Waals surface area contributed by atoms with Crippen molar-refractivity contribution in [2.75, 3.05) is 13.1 Å². The average Bonchev–Trinajstić information content (AvgIpc) is 2.89. The Morgan fingerprint density at radius 2 is 1.35 bits per heavy atom. The van der Waals surface area contributed by atoms with Crippen LogP contribution in [0.15, 0.2) is 66.7 Å². The van der Waals surface area contributed by atoms with Crippen LogP contribution >= 0.6 is 0 Å². The van der Waals surface area contributed by atoms with E-state index in [0.29, 0.717) is 31.5 Å². The Morgan fingerprint density at radius 3 is 2.00 bits per heavy atom. The Morgan fingerprint density at radius 1 is 0.765 bits per heavy atom. The molecule has 2 aliphatic rings. The lowest BCUT2D eigenvalue weighted by molar-refractivity contribution is -0.132. The molecule has 1 saturated carbocycles. The number of nitrogens with one attached hydrogen (secondary N) is 2. The van der Waals surface area contributed by atoms with Gasteiger partial charge in [0.15, 0.2) is 0 Å². The molecule has 1 heterocycles. The Balaban J connectivity index is 1.26. The number of carbonyl (C=O) groups excluding carboxylic acids is 3. The van der Waals surface area contributed by atoms with E-state index in [1.54, 1.807) is 18.2 Å². The Labute approximate surface area is 201 Å². The van der Waals surface area contributed by atoms with E-state index in [4.69, 9.17) is 0 Å². The molecular weight excluding hydrogens is 426 g/mol. The minimum absolute atomic E-state index is 0.0151. The van der Waals surface area contributed by atoms with Crippen molar-refractivity contribution in [1.82, 2.24) is 15.5 Å². The number of benzene rings is 2. The van der Waals surface area contributed by atoms with Gasteiger partial charge in [0.05, 0.1) is 0 Å². The van der Waals surface area contributed by atoms with Gasteiger partial charge in [-0.25, -0.2) is 0 Å². The molecule has 4 rings (SSSR count). The largest absolute Gasteiger partial charge is 0.351 e. The minimum atomic E-state index is -0.102. The molecule has 2 aromatic rings. The standard InChI is InChI=1S/C28H33N3O3/c32-26(16-15-21-9-3-1-4-10-21)31-19-17-23(18-20-31)28(34)30-25-14-8-7-13-24(25)29-27(33)22-11-5-2-6-12-22/h1-6,9-12,15-16,23-25H,7-8,13-14,17-20H2,(H,29,33)(H,30,34)/b16-15+/t24-,25-/m1/s1. The van der Waals surface area contributed by atoms with Crippen molar-refractivity contribution >= 4 is 23.8 Å². The second-order valence-electron chi connectivity index (χ2n) is 9.19. The van der Waals surface area contributed by atoms with E-state index in [2.05, 4.69) is 10.6 Å². The summed E-state index contributed by atoms with van der Waals surface area (Å²) in [6.07, 6.45) is 8.57. The molecule has 0 bridgehead atoms. The SMILES string of the molecule is O=C(N[C@@H]1CCCC[C@H]1NC(=O)C1CCN(C(=O)/C=C/c2ccccc2)CC1)c1ccccc1. The minimum Gasteiger partial charge on any atom is -0.351 e. The zero-order valence-electron chi connectivity index (χ0n) is 19.5. The van der Waals surface area contributed by atoms with Crippen LogP contribution in [0.5, 0.6) is 0 Å². The third-order valence-electron chi connectivity index (χ3n) is 6.84. The maximum atomic E-state index is 13.0. The Hall–Kier alpha value is -3.41. The van der Waals surface area contributed by atoms with Gasteiger partial charge in [0.2, 0.25) is 11.8 Å². The number of piperidine rings is 1. The van der Waals surface area contributed by atoms with Crippen LogP contribution in [0.2, 0.25) is 0 Å². The van der Waals surface area contributed by atoms with E-state index in [1.165, 1.54) is 0 Å². The lowest BCUT2D eigenvalue weighted by Crippen LogP contribution is -2.55. The summed E-state index contributed by atoms with van der Waals surface area (Å²) >= 11 is 0. The number of rotatable bonds is 6. The molecule has 1 aliphatic carbocycles. The van der Waals surface area contributed by atoms with Gasteiger partial charge in [0.1, 0.15) is 0 Å². The van der Waals surface area contributed by atoms with Crippen molar-refractivity contribution in [1.29, 1.82) is 0 Å². The second kappa shape index (κ2) is 11.6. The number of hydrogen-bond acceptors (Lipinski definition) is 3. The van der Waals surface area contributed by atoms with Crippen LogP contribution in [0.3, 0.4) is 0 Å². The van der Waals surface area contributed by atoms with E-state index in [0.717, 1.165) is 31.2 Å². The highest BCUT2D eigenvalue weighted by atomic mass is 16.2. The summed E-state index contributed by atoms with van der Waals surface area (Å²) in [6.45, 7) is 1.16. The molecule has 1 aliphatic heterocycles. The van der Waals surface area contributed by atoms with Crippen LogP contribution in [-0.4, -0.2) is 47.8 Å². The summed E-state index contributed by atoms with van der Waals surface area (Å²) in [7, 11) is 0. The predicted molar refractivity (Wildman–Crippen MR) is 133 cm³/mol. The van der Waals surface area contributed by atoms with Crippen LogP contribution < -0.4 is 10.6 Å². The maximum absolute atomic E-state index is 13.0. The summed E-state index contributed by atoms with van der Waals surface area (Å²) in [5.41, 5.74) is 1.63. The molecule has 178 valence electrons. The molecule has 0 spiro atoms. The molecule has 2 aromatic carbocycles. The van der Waals surface area contributed by atoms with Gasteiger partial charge in [0, 0.05) is 42.7 Å². The number of nitrogens with zero attached hydrogens (tertiary/aromatic N) is 1. The lowest BCUT2D eigenvalue weighted by atomic mass is 9.88. The first-order valence-corrected chi connectivity index (χ1v) is 12.3. The number of carbonyl (C=O) groups is 3. The normalized spacial score (nSPS) is 21.2. The summed E-state index contributed by atoms with van der Waals surface area (Å²) in [4.78, 5) is 40.0. The van der Waals surface area contributed by atoms with Crippen LogP contribution in [0.4, 0.5) is 0 Å². The van der Waals surface area contributed by atoms with Crippen molar-refractivity contribution in [3.05, 3.63) is 77.9 Å². The lowest BCUT2D eigenvalue weighted by Gasteiger charge is -2.35. The molecule has 1 saturated heterocycles. The first-order chi connectivity index (χ1) is 16.6. The van der Waals surface area contributed by atoms with Crippen LogP contribution in [-0.2, 0) is 9.59 Å². The van der Waals surface area contributed by atoms with E-state index in [1.807, 2.05) is 59.5 Å². The number of amides is 3. The zero-order chi connectivity index (χ0) is 23.8. The van der Waals surface area contributed by atoms with E-state index in [-0.39, 0.29) is 35.7 Å². The first-order valence-electron chi connectivity index (χ1n) is 12.3. The van der Waals surface area contributed by atoms with Gasteiger partial charge >= 0.3 is 0 Å². The number of likely N-dealkylation sites (tertiary alicyclic amines) is 1. The highest BCUT2D eigenvalue weighted by Crippen LogP contribution is 2.22. The molecule has 6 nitrogen and oxygen atoms in total. The van der Waals surface area contributed by atoms with Gasteiger partial charge in [-0.15, -0.1) is 0 Å². The Bertz CT molecular complexity index is 998. The van der Waals surface area contributed by atoms with Gasteiger partial charge in [0.25, 0.3) is 5.91 Å². The smallest absolute Gasteiger partial charge is 0.251 e. The van der Waals surface area contributed by atoms with Crippen molar-refractivity contribution in [3.63, 3.8) is 0 Å². The molecule has 34 heavy (non-hydrogen) atoms. The van der Waals surface area contributed by atoms with Gasteiger partial charge in [-0.3, -0.25) is 14.4 Å². The molecule has 6 heteroatoms. The van der Waals surface area contributed by atoms with E-state index < -0.39 is 0 Å². The highest BCUT2D eigenvalue weighted by Gasteiger charge is 2.32. The zero-order valence-corrected chi connectivity index (χ0v) is 19.5. The van der Waals surface area contributed by atoms with Crippen molar-refractivity contribution in [2.24, 2.45) is 5.92 Å². The van der Waals surface area contributed by atoms with E-state index in [9.17, 15) is 14.4 Å². The Kier molecular flexibility index (Phi) is 8.12. The average molecular weight is 460 g/mol. The first kappa shape index (κ1) is 23.7. The van der Waals surface area contributed by atoms with Gasteiger partial charge < -0.3 is 15.5 Å². The summed E-state index contributed by atoms with van der Waals surface area (Å²) < 4.78 is 0. The predicted octanol–water partition coefficient (Wildman–Crippen LogP) is 3.80. The third kappa shape index (κ3) is 6.34. The van der Waals surface area contributed by atoms with Crippen molar-refractivity contribution in [2.45, 2.75) is 50.6 Å². The summed E-state index contributed by atoms with van der Waals surface area (Å²) in [6, 6.07) is 18.8. The molecule has 0 unspecified atom stereocenters. The summed E-state index contributed by atoms with van der Waals surface area (Å²) in [5, 5.41) is 6.34. The summed E-state index contributed by atoms with van der Waals surface area (Å²) in [5.74, 6) is -0.173. The molecule has 0 radical (unpaired) electrons. The van der Waals surface area contributed by atoms with E-state index >= 15 is 0 Å². The molecule has 3 amide bonds. The molecule has 2 fully saturated rings. The highest BCUT2D eigenvalue weighted by molar-refractivity contribution is 5.94. The van der Waals surface area contributed by atoms with Gasteiger partial charge in [-0.1, -0.05) is 61.4 Å². The molecule has 2 N–H and O–H groups in total. The fourth-order valence-corrected chi connectivity index (χ4v) is 4.82. The monoisotopic (exact) mass is 459 g/mol. The maximum Gasteiger partial charge on any atom is 0.251 e. The molecule has 2 atom stereocenters. The topological polar surface area (TPSA) is 78.5 Å². The third-order valence-corrected chi connectivity index (χ3v) is 6.84. The van der Waals surface area contributed by atoms with Gasteiger partial charge in [-0.2, -0.15) is 0 Å². The van der Waals surface area contributed by atoms with Crippen molar-refractivity contribution in [3.8, 4) is 0 Å². The number of hydrogen-bond donors (Lipinski definition) is 2. The second-order valence-corrected chi connectivity index (χ2v) is 9.19. The van der Waals surface area contributed by atoms with Crippen LogP contribution in [0, 0.1) is 5.92 Å². The van der Waals surface area contributed by atoms with Crippen molar-refractivity contribution < 1.29 is 14.4 Å². The van der Waals surface area contributed by atoms with Gasteiger partial charge in [-0.05, 0) is 49.5 Å². The van der Waals surface area contributed by atoms with Crippen LogP contribution in [0.1, 0.15) is 54.4 Å².